The Morgan fingerprint density at radius 1 is 1.26 bits per heavy atom. The molecule has 1 aliphatic heterocycles. The molecule has 2 atom stereocenters. The molecule has 8 nitrogen and oxygen atoms in total. The number of carbonyl (C=O) groups is 1. The Bertz CT molecular complexity index is 792. The van der Waals surface area contributed by atoms with Gasteiger partial charge in [-0.2, -0.15) is 0 Å². The van der Waals surface area contributed by atoms with Crippen molar-refractivity contribution in [2.24, 2.45) is 5.92 Å². The van der Waals surface area contributed by atoms with Crippen LogP contribution in [0.5, 0.6) is 0 Å². The lowest BCUT2D eigenvalue weighted by atomic mass is 10.0. The number of amides is 1. The molecule has 27 heavy (non-hydrogen) atoms. The minimum Gasteiger partial charge on any atom is -0.356 e. The van der Waals surface area contributed by atoms with Crippen molar-refractivity contribution in [2.45, 2.75) is 65.3 Å². The Hall–Kier alpha value is -2.29. The summed E-state index contributed by atoms with van der Waals surface area (Å²) in [7, 11) is 0. The molecule has 0 saturated carbocycles. The molecule has 2 aromatic heterocycles. The monoisotopic (exact) mass is 389 g/mol. The number of carbonyl (C=O) groups excluding carboxylic acids is 1. The van der Waals surface area contributed by atoms with Crippen LogP contribution in [0, 0.1) is 5.92 Å². The first kappa shape index (κ1) is 19.5. The first-order chi connectivity index (χ1) is 13.0. The van der Waals surface area contributed by atoms with E-state index in [2.05, 4.69) is 50.0 Å². The number of hydrogen-bond donors (Lipinski definition) is 3. The molecule has 146 valence electrons. The predicted octanol–water partition coefficient (Wildman–Crippen LogP) is 4.14. The fraction of sp³-hybridized carbons (Fsp3) is 0.611. The summed E-state index contributed by atoms with van der Waals surface area (Å²) in [6.07, 6.45) is 6.02. The SMILES string of the molecule is CCCCC(CC)c1nnc(Nc2ncnc3c2NC(=O)C(C(C)C)N3)s1. The molecule has 0 radical (unpaired) electrons. The summed E-state index contributed by atoms with van der Waals surface area (Å²) >= 11 is 1.54. The van der Waals surface area contributed by atoms with E-state index in [1.54, 1.807) is 11.3 Å². The summed E-state index contributed by atoms with van der Waals surface area (Å²) in [6, 6.07) is -0.308. The van der Waals surface area contributed by atoms with Gasteiger partial charge in [0.15, 0.2) is 11.6 Å². The summed E-state index contributed by atoms with van der Waals surface area (Å²) < 4.78 is 0. The molecule has 2 unspecified atom stereocenters. The Morgan fingerprint density at radius 3 is 2.78 bits per heavy atom. The molecule has 9 heteroatoms. The number of rotatable bonds is 8. The second kappa shape index (κ2) is 8.60. The lowest BCUT2D eigenvalue weighted by Crippen LogP contribution is -2.43. The van der Waals surface area contributed by atoms with Crippen LogP contribution < -0.4 is 16.0 Å². The van der Waals surface area contributed by atoms with Crippen LogP contribution in [0.2, 0.25) is 0 Å². The van der Waals surface area contributed by atoms with Gasteiger partial charge >= 0.3 is 0 Å². The van der Waals surface area contributed by atoms with Gasteiger partial charge < -0.3 is 16.0 Å². The number of nitrogens with zero attached hydrogens (tertiary/aromatic N) is 4. The molecule has 2 aromatic rings. The maximum atomic E-state index is 12.4. The highest BCUT2D eigenvalue weighted by Crippen LogP contribution is 2.35. The summed E-state index contributed by atoms with van der Waals surface area (Å²) in [6.45, 7) is 8.37. The van der Waals surface area contributed by atoms with Gasteiger partial charge in [-0.1, -0.05) is 51.9 Å². The van der Waals surface area contributed by atoms with Crippen molar-refractivity contribution < 1.29 is 4.79 Å². The van der Waals surface area contributed by atoms with Crippen molar-refractivity contribution in [3.05, 3.63) is 11.3 Å². The summed E-state index contributed by atoms with van der Waals surface area (Å²) in [5.41, 5.74) is 0.550. The van der Waals surface area contributed by atoms with Crippen LogP contribution in [0.1, 0.15) is 64.3 Å². The molecule has 1 amide bonds. The molecule has 0 fully saturated rings. The van der Waals surface area contributed by atoms with Gasteiger partial charge in [-0.25, -0.2) is 9.97 Å². The van der Waals surface area contributed by atoms with Gasteiger partial charge in [0, 0.05) is 5.92 Å². The molecule has 1 aliphatic rings. The third-order valence-electron chi connectivity index (χ3n) is 4.75. The van der Waals surface area contributed by atoms with Crippen LogP contribution in [0.15, 0.2) is 6.33 Å². The van der Waals surface area contributed by atoms with E-state index in [0.29, 0.717) is 28.4 Å². The van der Waals surface area contributed by atoms with Gasteiger partial charge in [0.25, 0.3) is 0 Å². The average molecular weight is 390 g/mol. The summed E-state index contributed by atoms with van der Waals surface area (Å²) in [4.78, 5) is 20.9. The summed E-state index contributed by atoms with van der Waals surface area (Å²) in [5, 5.41) is 19.6. The van der Waals surface area contributed by atoms with Gasteiger partial charge in [-0.15, -0.1) is 10.2 Å². The number of nitrogens with one attached hydrogen (secondary N) is 3. The molecule has 0 spiro atoms. The van der Waals surface area contributed by atoms with E-state index in [-0.39, 0.29) is 17.9 Å². The highest BCUT2D eigenvalue weighted by atomic mass is 32.1. The predicted molar refractivity (Wildman–Crippen MR) is 109 cm³/mol. The number of anilines is 4. The fourth-order valence-corrected chi connectivity index (χ4v) is 4.06. The Labute approximate surface area is 163 Å². The maximum absolute atomic E-state index is 12.4. The van der Waals surface area contributed by atoms with E-state index in [1.165, 1.54) is 19.2 Å². The first-order valence-electron chi connectivity index (χ1n) is 9.56. The van der Waals surface area contributed by atoms with Crippen LogP contribution in [0.3, 0.4) is 0 Å². The van der Waals surface area contributed by atoms with Crippen molar-refractivity contribution in [2.75, 3.05) is 16.0 Å². The second-order valence-electron chi connectivity index (χ2n) is 7.12. The fourth-order valence-electron chi connectivity index (χ4n) is 3.10. The molecule has 0 aliphatic carbocycles. The van der Waals surface area contributed by atoms with E-state index in [9.17, 15) is 4.79 Å². The smallest absolute Gasteiger partial charge is 0.247 e. The second-order valence-corrected chi connectivity index (χ2v) is 8.13. The van der Waals surface area contributed by atoms with Crippen molar-refractivity contribution in [3.63, 3.8) is 0 Å². The molecule has 3 heterocycles. The van der Waals surface area contributed by atoms with Crippen LogP contribution in [-0.4, -0.2) is 32.1 Å². The number of unbranched alkanes of at least 4 members (excludes halogenated alkanes) is 1. The van der Waals surface area contributed by atoms with Crippen molar-refractivity contribution in [3.8, 4) is 0 Å². The standard InChI is InChI=1S/C18H27N7OS/c1-5-7-8-11(6-2)17-24-25-18(27-17)23-15-13-14(19-9-20-15)21-12(10(3)4)16(26)22-13/h9-12H,5-8H2,1-4H3,(H,22,26)(H2,19,20,21,23,25). The van der Waals surface area contributed by atoms with Crippen LogP contribution in [-0.2, 0) is 4.79 Å². The zero-order valence-corrected chi connectivity index (χ0v) is 17.1. The molecule has 0 saturated heterocycles. The largest absolute Gasteiger partial charge is 0.356 e. The molecule has 3 N–H and O–H groups in total. The lowest BCUT2D eigenvalue weighted by molar-refractivity contribution is -0.117. The minimum absolute atomic E-state index is 0.0843. The Kier molecular flexibility index (Phi) is 6.20. The van der Waals surface area contributed by atoms with Gasteiger partial charge in [0.2, 0.25) is 11.0 Å². The molecular formula is C18H27N7OS. The van der Waals surface area contributed by atoms with E-state index >= 15 is 0 Å². The van der Waals surface area contributed by atoms with Gasteiger partial charge in [0.1, 0.15) is 23.1 Å². The van der Waals surface area contributed by atoms with Crippen molar-refractivity contribution in [1.82, 2.24) is 20.2 Å². The highest BCUT2D eigenvalue weighted by Gasteiger charge is 2.31. The van der Waals surface area contributed by atoms with E-state index in [0.717, 1.165) is 17.8 Å². The molecule has 3 rings (SSSR count). The van der Waals surface area contributed by atoms with Gasteiger partial charge in [0.05, 0.1) is 0 Å². The maximum Gasteiger partial charge on any atom is 0.247 e. The number of fused-ring (bicyclic) bond motifs is 1. The van der Waals surface area contributed by atoms with E-state index in [4.69, 9.17) is 0 Å². The van der Waals surface area contributed by atoms with Crippen molar-refractivity contribution >= 4 is 39.7 Å². The topological polar surface area (TPSA) is 105 Å². The van der Waals surface area contributed by atoms with Gasteiger partial charge in [-0.05, 0) is 18.8 Å². The van der Waals surface area contributed by atoms with Crippen LogP contribution in [0.25, 0.3) is 0 Å². The number of aromatic nitrogens is 4. The summed E-state index contributed by atoms with van der Waals surface area (Å²) in [5.74, 6) is 1.64. The first-order valence-corrected chi connectivity index (χ1v) is 10.4. The van der Waals surface area contributed by atoms with E-state index < -0.39 is 0 Å². The minimum atomic E-state index is -0.308. The molecule has 0 aromatic carbocycles. The van der Waals surface area contributed by atoms with Crippen LogP contribution >= 0.6 is 11.3 Å². The average Bonchev–Trinajstić information content (AvgIpc) is 3.10. The quantitative estimate of drug-likeness (QED) is 0.623. The third kappa shape index (κ3) is 4.35. The number of hydrogen-bond acceptors (Lipinski definition) is 8. The molecular weight excluding hydrogens is 362 g/mol. The highest BCUT2D eigenvalue weighted by molar-refractivity contribution is 7.15. The Balaban J connectivity index is 1.78. The molecule has 0 bridgehead atoms. The zero-order valence-electron chi connectivity index (χ0n) is 16.2. The lowest BCUT2D eigenvalue weighted by Gasteiger charge is -2.28. The van der Waals surface area contributed by atoms with E-state index in [1.807, 2.05) is 13.8 Å². The van der Waals surface area contributed by atoms with Crippen molar-refractivity contribution in [1.29, 1.82) is 0 Å². The normalized spacial score (nSPS) is 17.2. The third-order valence-corrected chi connectivity index (χ3v) is 5.75. The van der Waals surface area contributed by atoms with Crippen LogP contribution in [0.4, 0.5) is 22.5 Å². The van der Waals surface area contributed by atoms with Gasteiger partial charge in [-0.3, -0.25) is 4.79 Å². The zero-order chi connectivity index (χ0) is 19.4. The Morgan fingerprint density at radius 2 is 2.07 bits per heavy atom.